The van der Waals surface area contributed by atoms with E-state index in [-0.39, 0.29) is 23.5 Å². The molecular weight excluding hydrogens is 538 g/mol. The average molecular weight is 570 g/mol. The second-order valence-corrected chi connectivity index (χ2v) is 11.5. The van der Waals surface area contributed by atoms with Gasteiger partial charge in [0.1, 0.15) is 21.0 Å². The Morgan fingerprint density at radius 3 is 2.66 bits per heavy atom. The van der Waals surface area contributed by atoms with Gasteiger partial charge in [0.05, 0.1) is 23.4 Å². The number of carbonyl (C=O) groups is 2. The number of nitrogens with one attached hydrogen (secondary N) is 3. The van der Waals surface area contributed by atoms with Crippen molar-refractivity contribution in [3.05, 3.63) is 70.2 Å². The van der Waals surface area contributed by atoms with Gasteiger partial charge in [-0.1, -0.05) is 18.2 Å². The summed E-state index contributed by atoms with van der Waals surface area (Å²) in [6.07, 6.45) is 3.43. The summed E-state index contributed by atoms with van der Waals surface area (Å²) < 4.78 is 5.41. The molecule has 1 fully saturated rings. The number of nitrogens with two attached hydrogens (primary N) is 1. The number of carbonyl (C=O) groups excluding carboxylic acids is 2. The first-order chi connectivity index (χ1) is 19.6. The zero-order chi connectivity index (χ0) is 29.1. The van der Waals surface area contributed by atoms with Crippen molar-refractivity contribution in [1.29, 1.82) is 5.26 Å². The smallest absolute Gasteiger partial charge is 0.268 e. The Hall–Kier alpha value is -4.53. The lowest BCUT2D eigenvalue weighted by Gasteiger charge is -2.23. The molecule has 5 N–H and O–H groups in total. The van der Waals surface area contributed by atoms with Crippen LogP contribution in [0, 0.1) is 18.3 Å². The minimum absolute atomic E-state index is 0.252. The number of nitrogens with zero attached hydrogens (tertiary/aromatic N) is 3. The van der Waals surface area contributed by atoms with Gasteiger partial charge in [0.15, 0.2) is 0 Å². The highest BCUT2D eigenvalue weighted by Crippen LogP contribution is 2.33. The van der Waals surface area contributed by atoms with Gasteiger partial charge in [0.2, 0.25) is 0 Å². The number of nitriles is 1. The van der Waals surface area contributed by atoms with Gasteiger partial charge < -0.3 is 26.4 Å². The summed E-state index contributed by atoms with van der Waals surface area (Å²) in [5, 5.41) is 18.6. The largest absolute Gasteiger partial charge is 0.396 e. The summed E-state index contributed by atoms with van der Waals surface area (Å²) in [5.41, 5.74) is 9.44. The van der Waals surface area contributed by atoms with E-state index in [9.17, 15) is 14.9 Å². The van der Waals surface area contributed by atoms with E-state index < -0.39 is 5.41 Å². The SMILES string of the molecule is Cc1ccc(NC(=O)c2cccc(C(C)(C)C#N)c2)cc1NC(=O)c1sc2ncc(NC3CCOCC3)nc2c1N. The number of benzene rings is 2. The van der Waals surface area contributed by atoms with Crippen LogP contribution in [0.3, 0.4) is 0 Å². The summed E-state index contributed by atoms with van der Waals surface area (Å²) in [4.78, 5) is 36.3. The number of rotatable bonds is 7. The van der Waals surface area contributed by atoms with Crippen LogP contribution >= 0.6 is 11.3 Å². The lowest BCUT2D eigenvalue weighted by Crippen LogP contribution is -2.28. The van der Waals surface area contributed by atoms with Crippen LogP contribution in [0.25, 0.3) is 10.3 Å². The number of hydrogen-bond acceptors (Lipinski definition) is 9. The van der Waals surface area contributed by atoms with Gasteiger partial charge in [-0.05, 0) is 69.0 Å². The molecule has 11 heteroatoms. The molecule has 3 heterocycles. The van der Waals surface area contributed by atoms with E-state index in [2.05, 4.69) is 32.0 Å². The monoisotopic (exact) mass is 569 g/mol. The van der Waals surface area contributed by atoms with Crippen LogP contribution in [0.5, 0.6) is 0 Å². The molecule has 0 unspecified atom stereocenters. The van der Waals surface area contributed by atoms with E-state index in [1.165, 1.54) is 11.3 Å². The van der Waals surface area contributed by atoms with E-state index in [0.717, 1.165) is 24.0 Å². The molecule has 1 saturated heterocycles. The highest BCUT2D eigenvalue weighted by atomic mass is 32.1. The van der Waals surface area contributed by atoms with Crippen molar-refractivity contribution in [3.8, 4) is 6.07 Å². The molecule has 0 aliphatic carbocycles. The summed E-state index contributed by atoms with van der Waals surface area (Å²) in [6.45, 7) is 6.88. The molecule has 0 bridgehead atoms. The van der Waals surface area contributed by atoms with Gasteiger partial charge in [0, 0.05) is 36.2 Å². The Balaban J connectivity index is 1.32. The zero-order valence-corrected chi connectivity index (χ0v) is 23.9. The molecule has 0 radical (unpaired) electrons. The Morgan fingerprint density at radius 1 is 1.12 bits per heavy atom. The van der Waals surface area contributed by atoms with E-state index in [1.54, 1.807) is 50.4 Å². The molecule has 1 aliphatic heterocycles. The molecule has 0 atom stereocenters. The molecule has 41 heavy (non-hydrogen) atoms. The summed E-state index contributed by atoms with van der Waals surface area (Å²) in [5.74, 6) is -0.0936. The third kappa shape index (κ3) is 6.14. The summed E-state index contributed by atoms with van der Waals surface area (Å²) >= 11 is 1.18. The Bertz CT molecular complexity index is 1670. The van der Waals surface area contributed by atoms with Crippen molar-refractivity contribution < 1.29 is 14.3 Å². The second kappa shape index (κ2) is 11.5. The molecule has 4 aromatic rings. The fourth-order valence-electron chi connectivity index (χ4n) is 4.51. The van der Waals surface area contributed by atoms with Gasteiger partial charge in [-0.3, -0.25) is 9.59 Å². The van der Waals surface area contributed by atoms with Crippen molar-refractivity contribution in [2.75, 3.05) is 34.9 Å². The number of aromatic nitrogens is 2. The average Bonchev–Trinajstić information content (AvgIpc) is 3.31. The van der Waals surface area contributed by atoms with Crippen LogP contribution in [0.15, 0.2) is 48.7 Å². The third-order valence-electron chi connectivity index (χ3n) is 7.09. The maximum atomic E-state index is 13.3. The summed E-state index contributed by atoms with van der Waals surface area (Å²) in [7, 11) is 0. The maximum Gasteiger partial charge on any atom is 0.268 e. The fourth-order valence-corrected chi connectivity index (χ4v) is 5.41. The van der Waals surface area contributed by atoms with Crippen molar-refractivity contribution in [2.45, 2.75) is 45.1 Å². The van der Waals surface area contributed by atoms with Gasteiger partial charge in [-0.25, -0.2) is 9.97 Å². The number of nitrogen functional groups attached to an aromatic ring is 1. The van der Waals surface area contributed by atoms with E-state index in [0.29, 0.717) is 51.2 Å². The first kappa shape index (κ1) is 28.0. The van der Waals surface area contributed by atoms with Crippen molar-refractivity contribution >= 4 is 56.4 Å². The first-order valence-electron chi connectivity index (χ1n) is 13.3. The van der Waals surface area contributed by atoms with Crippen molar-refractivity contribution in [3.63, 3.8) is 0 Å². The van der Waals surface area contributed by atoms with Crippen LogP contribution in [0.1, 0.15) is 57.8 Å². The number of thiophene rings is 1. The first-order valence-corrected chi connectivity index (χ1v) is 14.1. The quantitative estimate of drug-likeness (QED) is 0.228. The van der Waals surface area contributed by atoms with Gasteiger partial charge in [-0.15, -0.1) is 11.3 Å². The molecule has 2 amide bonds. The molecular formula is C30H31N7O3S. The molecule has 210 valence electrons. The molecule has 0 spiro atoms. The standard InChI is InChI=1S/C30H31N7O3S/c1-17-7-8-21(35-27(38)18-5-4-6-19(13-18)30(2,3)16-31)14-22(17)36-28(39)26-24(32)25-29(41-26)33-15-23(37-25)34-20-9-11-40-12-10-20/h4-8,13-15,20H,9-12,32H2,1-3H3,(H,34,37)(H,35,38)(H,36,39). The number of ether oxygens (including phenoxy) is 1. The Labute approximate surface area is 241 Å². The molecule has 5 rings (SSSR count). The van der Waals surface area contributed by atoms with E-state index in [1.807, 2.05) is 19.1 Å². The van der Waals surface area contributed by atoms with Gasteiger partial charge in [-0.2, -0.15) is 5.26 Å². The van der Waals surface area contributed by atoms with E-state index >= 15 is 0 Å². The van der Waals surface area contributed by atoms with Crippen LogP contribution in [-0.2, 0) is 10.2 Å². The number of fused-ring (bicyclic) bond motifs is 1. The van der Waals surface area contributed by atoms with E-state index in [4.69, 9.17) is 10.5 Å². The lowest BCUT2D eigenvalue weighted by atomic mass is 9.85. The predicted octanol–water partition coefficient (Wildman–Crippen LogP) is 5.48. The number of hydrogen-bond donors (Lipinski definition) is 4. The van der Waals surface area contributed by atoms with Gasteiger partial charge >= 0.3 is 0 Å². The fraction of sp³-hybridized carbons (Fsp3) is 0.300. The van der Waals surface area contributed by atoms with Gasteiger partial charge in [0.25, 0.3) is 11.8 Å². The van der Waals surface area contributed by atoms with Crippen LogP contribution in [-0.4, -0.2) is 41.0 Å². The van der Waals surface area contributed by atoms with Crippen molar-refractivity contribution in [1.82, 2.24) is 9.97 Å². The second-order valence-electron chi connectivity index (χ2n) is 10.5. The molecule has 0 saturated carbocycles. The Morgan fingerprint density at radius 2 is 1.90 bits per heavy atom. The molecule has 2 aromatic carbocycles. The van der Waals surface area contributed by atoms with Crippen molar-refractivity contribution in [2.24, 2.45) is 0 Å². The van der Waals surface area contributed by atoms with Crippen LogP contribution in [0.4, 0.5) is 22.9 Å². The summed E-state index contributed by atoms with van der Waals surface area (Å²) in [6, 6.07) is 14.8. The maximum absolute atomic E-state index is 13.3. The highest BCUT2D eigenvalue weighted by Gasteiger charge is 2.22. The molecule has 1 aliphatic rings. The molecule has 10 nitrogen and oxygen atoms in total. The van der Waals surface area contributed by atoms with Crippen LogP contribution < -0.4 is 21.7 Å². The van der Waals surface area contributed by atoms with Crippen LogP contribution in [0.2, 0.25) is 0 Å². The third-order valence-corrected chi connectivity index (χ3v) is 8.19. The normalized spacial score (nSPS) is 13.9. The minimum atomic E-state index is -0.722. The zero-order valence-electron chi connectivity index (χ0n) is 23.1. The Kier molecular flexibility index (Phi) is 7.88. The highest BCUT2D eigenvalue weighted by molar-refractivity contribution is 7.21. The minimum Gasteiger partial charge on any atom is -0.396 e. The molecule has 2 aromatic heterocycles. The lowest BCUT2D eigenvalue weighted by molar-refractivity contribution is 0.0903. The topological polar surface area (TPSA) is 155 Å². The predicted molar refractivity (Wildman–Crippen MR) is 161 cm³/mol. The number of amides is 2. The number of aryl methyl sites for hydroxylation is 1. The number of anilines is 4.